The van der Waals surface area contributed by atoms with Crippen LogP contribution in [0.25, 0.3) is 10.9 Å². The normalized spacial score (nSPS) is 11.9. The fourth-order valence-electron chi connectivity index (χ4n) is 1.79. The van der Waals surface area contributed by atoms with E-state index in [2.05, 4.69) is 38.4 Å². The number of carbonyl (C=O) groups excluding carboxylic acids is 1. The molecule has 0 amide bonds. The van der Waals surface area contributed by atoms with Gasteiger partial charge < -0.3 is 15.5 Å². The van der Waals surface area contributed by atoms with E-state index in [0.717, 1.165) is 20.0 Å². The lowest BCUT2D eigenvalue weighted by atomic mass is 10.1. The van der Waals surface area contributed by atoms with Crippen molar-refractivity contribution < 1.29 is 9.53 Å². The molecule has 2 aromatic rings. The summed E-state index contributed by atoms with van der Waals surface area (Å²) in [7, 11) is 1.35. The van der Waals surface area contributed by atoms with Crippen molar-refractivity contribution in [3.8, 4) is 0 Å². The smallest absolute Gasteiger partial charge is 0.322 e. The second-order valence-electron chi connectivity index (χ2n) is 3.84. The zero-order valence-corrected chi connectivity index (χ0v) is 12.7. The minimum atomic E-state index is -0.614. The number of fused-ring (bicyclic) bond motifs is 1. The maximum Gasteiger partial charge on any atom is 0.322 e. The standard InChI is InChI=1S/C12H13IN2O2.ClH/c1-17-12(16)10(14)4-7-6-15-11-3-2-8(13)5-9(7)11;/h2-3,5-6,10,15H,4,14H2,1H3;1H. The summed E-state index contributed by atoms with van der Waals surface area (Å²) >= 11 is 2.26. The molecule has 1 heterocycles. The van der Waals surface area contributed by atoms with Gasteiger partial charge in [-0.1, -0.05) is 0 Å². The number of halogens is 2. The Morgan fingerprint density at radius 1 is 1.56 bits per heavy atom. The molecule has 0 aliphatic carbocycles. The first-order valence-electron chi connectivity index (χ1n) is 5.20. The van der Waals surface area contributed by atoms with Gasteiger partial charge in [-0.3, -0.25) is 4.79 Å². The van der Waals surface area contributed by atoms with Crippen molar-refractivity contribution in [2.45, 2.75) is 12.5 Å². The number of hydrogen-bond acceptors (Lipinski definition) is 3. The summed E-state index contributed by atoms with van der Waals surface area (Å²) in [6.45, 7) is 0. The minimum Gasteiger partial charge on any atom is -0.468 e. The maximum atomic E-state index is 11.3. The molecule has 4 nitrogen and oxygen atoms in total. The van der Waals surface area contributed by atoms with Crippen LogP contribution in [0.15, 0.2) is 24.4 Å². The number of benzene rings is 1. The van der Waals surface area contributed by atoms with Gasteiger partial charge >= 0.3 is 5.97 Å². The van der Waals surface area contributed by atoms with Gasteiger partial charge in [-0.25, -0.2) is 0 Å². The van der Waals surface area contributed by atoms with E-state index in [9.17, 15) is 4.79 Å². The van der Waals surface area contributed by atoms with Crippen molar-refractivity contribution in [2.24, 2.45) is 5.73 Å². The number of H-pyrrole nitrogens is 1. The van der Waals surface area contributed by atoms with Crippen molar-refractivity contribution in [3.05, 3.63) is 33.5 Å². The lowest BCUT2D eigenvalue weighted by Gasteiger charge is -2.08. The Hall–Kier alpha value is -0.790. The molecule has 1 aromatic heterocycles. The third kappa shape index (κ3) is 3.15. The molecule has 0 radical (unpaired) electrons. The molecule has 0 spiro atoms. The van der Waals surface area contributed by atoms with Gasteiger partial charge in [0.2, 0.25) is 0 Å². The highest BCUT2D eigenvalue weighted by molar-refractivity contribution is 14.1. The number of methoxy groups -OCH3 is 1. The number of ether oxygens (including phenoxy) is 1. The summed E-state index contributed by atoms with van der Waals surface area (Å²) in [5.74, 6) is -0.384. The van der Waals surface area contributed by atoms with E-state index in [-0.39, 0.29) is 18.4 Å². The monoisotopic (exact) mass is 380 g/mol. The number of nitrogens with two attached hydrogens (primary N) is 1. The second-order valence-corrected chi connectivity index (χ2v) is 5.08. The summed E-state index contributed by atoms with van der Waals surface area (Å²) in [5.41, 5.74) is 7.85. The van der Waals surface area contributed by atoms with Crippen molar-refractivity contribution >= 4 is 51.9 Å². The first kappa shape index (κ1) is 15.3. The first-order chi connectivity index (χ1) is 8.11. The highest BCUT2D eigenvalue weighted by Crippen LogP contribution is 2.21. The molecule has 0 saturated heterocycles. The SMILES string of the molecule is COC(=O)C(N)Cc1c[nH]c2ccc(I)cc12.Cl. The molecule has 3 N–H and O–H groups in total. The maximum absolute atomic E-state index is 11.3. The van der Waals surface area contributed by atoms with Crippen LogP contribution in [0.5, 0.6) is 0 Å². The Kier molecular flexibility index (Phi) is 5.43. The molecular weight excluding hydrogens is 367 g/mol. The van der Waals surface area contributed by atoms with Gasteiger partial charge in [0.15, 0.2) is 0 Å². The van der Waals surface area contributed by atoms with Crippen LogP contribution in [0.1, 0.15) is 5.56 Å². The lowest BCUT2D eigenvalue weighted by Crippen LogP contribution is -2.33. The fraction of sp³-hybridized carbons (Fsp3) is 0.250. The van der Waals surface area contributed by atoms with Gasteiger partial charge in [-0.05, 0) is 46.4 Å². The van der Waals surface area contributed by atoms with Crippen molar-refractivity contribution in [1.29, 1.82) is 0 Å². The first-order valence-corrected chi connectivity index (χ1v) is 6.28. The van der Waals surface area contributed by atoms with E-state index in [0.29, 0.717) is 6.42 Å². The second kappa shape index (κ2) is 6.40. The molecule has 1 atom stereocenters. The third-order valence-corrected chi connectivity index (χ3v) is 3.34. The Morgan fingerprint density at radius 2 is 2.28 bits per heavy atom. The molecule has 0 fully saturated rings. The lowest BCUT2D eigenvalue weighted by molar-refractivity contribution is -0.142. The fourth-order valence-corrected chi connectivity index (χ4v) is 2.28. The minimum absolute atomic E-state index is 0. The molecule has 0 saturated carbocycles. The molecule has 18 heavy (non-hydrogen) atoms. The van der Waals surface area contributed by atoms with Crippen LogP contribution in [0, 0.1) is 3.57 Å². The molecule has 98 valence electrons. The van der Waals surface area contributed by atoms with Gasteiger partial charge in [0.05, 0.1) is 7.11 Å². The topological polar surface area (TPSA) is 68.1 Å². The van der Waals surface area contributed by atoms with Gasteiger partial charge in [0, 0.05) is 27.1 Å². The summed E-state index contributed by atoms with van der Waals surface area (Å²) in [4.78, 5) is 14.4. The number of nitrogens with one attached hydrogen (secondary N) is 1. The van der Waals surface area contributed by atoms with Crippen molar-refractivity contribution in [1.82, 2.24) is 4.98 Å². The van der Waals surface area contributed by atoms with E-state index >= 15 is 0 Å². The quantitative estimate of drug-likeness (QED) is 0.634. The summed E-state index contributed by atoms with van der Waals surface area (Å²) < 4.78 is 5.78. The van der Waals surface area contributed by atoms with E-state index < -0.39 is 6.04 Å². The Morgan fingerprint density at radius 3 is 2.94 bits per heavy atom. The number of esters is 1. The largest absolute Gasteiger partial charge is 0.468 e. The van der Waals surface area contributed by atoms with E-state index in [4.69, 9.17) is 5.73 Å². The summed E-state index contributed by atoms with van der Waals surface area (Å²) in [6, 6.07) is 5.51. The molecule has 0 aliphatic rings. The predicted molar refractivity (Wildman–Crippen MR) is 82.0 cm³/mol. The van der Waals surface area contributed by atoms with Crippen LogP contribution in [0.3, 0.4) is 0 Å². The number of rotatable bonds is 3. The van der Waals surface area contributed by atoms with Gasteiger partial charge in [0.25, 0.3) is 0 Å². The Labute approximate surface area is 125 Å². The van der Waals surface area contributed by atoms with Gasteiger partial charge in [0.1, 0.15) is 6.04 Å². The van der Waals surface area contributed by atoms with Crippen LogP contribution in [-0.4, -0.2) is 24.1 Å². The van der Waals surface area contributed by atoms with E-state index in [1.54, 1.807) is 0 Å². The van der Waals surface area contributed by atoms with Crippen LogP contribution < -0.4 is 5.73 Å². The van der Waals surface area contributed by atoms with E-state index in [1.165, 1.54) is 7.11 Å². The third-order valence-electron chi connectivity index (χ3n) is 2.67. The Balaban J connectivity index is 0.00000162. The number of carbonyl (C=O) groups is 1. The predicted octanol–water partition coefficient (Wildman–Crippen LogP) is 2.24. The highest BCUT2D eigenvalue weighted by atomic mass is 127. The molecule has 0 aliphatic heterocycles. The van der Waals surface area contributed by atoms with E-state index in [1.807, 2.05) is 18.3 Å². The molecule has 1 unspecified atom stereocenters. The average Bonchev–Trinajstić information content (AvgIpc) is 2.71. The zero-order chi connectivity index (χ0) is 12.4. The van der Waals surface area contributed by atoms with Crippen LogP contribution in [0.2, 0.25) is 0 Å². The van der Waals surface area contributed by atoms with Crippen molar-refractivity contribution in [3.63, 3.8) is 0 Å². The molecule has 1 aromatic carbocycles. The van der Waals surface area contributed by atoms with Crippen LogP contribution >= 0.6 is 35.0 Å². The molecule has 2 rings (SSSR count). The van der Waals surface area contributed by atoms with Crippen LogP contribution in [0.4, 0.5) is 0 Å². The summed E-state index contributed by atoms with van der Waals surface area (Å²) in [5, 5.41) is 1.11. The number of aromatic amines is 1. The molecular formula is C12H14ClIN2O2. The van der Waals surface area contributed by atoms with Gasteiger partial charge in [-0.15, -0.1) is 12.4 Å². The van der Waals surface area contributed by atoms with Gasteiger partial charge in [-0.2, -0.15) is 0 Å². The average molecular weight is 381 g/mol. The van der Waals surface area contributed by atoms with Crippen molar-refractivity contribution in [2.75, 3.05) is 7.11 Å². The number of aromatic nitrogens is 1. The molecule has 0 bridgehead atoms. The molecule has 6 heteroatoms. The zero-order valence-electron chi connectivity index (χ0n) is 9.77. The highest BCUT2D eigenvalue weighted by Gasteiger charge is 2.16. The van der Waals surface area contributed by atoms with Crippen LogP contribution in [-0.2, 0) is 16.0 Å². The Bertz CT molecular complexity index is 556. The summed E-state index contributed by atoms with van der Waals surface area (Å²) in [6.07, 6.45) is 2.37. The number of hydrogen-bond donors (Lipinski definition) is 2.